The highest BCUT2D eigenvalue weighted by Crippen LogP contribution is 2.00. The molecule has 80 valence electrons. The van der Waals surface area contributed by atoms with Crippen molar-refractivity contribution in [1.29, 1.82) is 0 Å². The van der Waals surface area contributed by atoms with Gasteiger partial charge in [0.1, 0.15) is 0 Å². The topological polar surface area (TPSA) is 66.7 Å². The minimum absolute atomic E-state index is 0.466. The normalized spacial score (nSPS) is 13.1. The molecule has 0 saturated heterocycles. The molecule has 0 aliphatic carbocycles. The summed E-state index contributed by atoms with van der Waals surface area (Å²) in [5, 5.41) is 10.6. The molecule has 0 bridgehead atoms. The second-order valence-electron chi connectivity index (χ2n) is 3.60. The first-order valence-corrected chi connectivity index (χ1v) is 5.22. The highest BCUT2D eigenvalue weighted by Gasteiger charge is 2.02. The fourth-order valence-electron chi connectivity index (χ4n) is 1.32. The van der Waals surface area contributed by atoms with Gasteiger partial charge in [0, 0.05) is 18.3 Å². The van der Waals surface area contributed by atoms with Gasteiger partial charge in [0.2, 0.25) is 0 Å². The molecule has 0 spiro atoms. The van der Waals surface area contributed by atoms with E-state index in [1.165, 1.54) is 0 Å². The summed E-state index contributed by atoms with van der Waals surface area (Å²) < 4.78 is 0. The van der Waals surface area contributed by atoms with Crippen LogP contribution in [0, 0.1) is 0 Å². The van der Waals surface area contributed by atoms with Crippen LogP contribution in [-0.4, -0.2) is 22.8 Å². The van der Waals surface area contributed by atoms with Gasteiger partial charge in [-0.15, -0.1) is 0 Å². The Labute approximate surface area is 85.3 Å². The number of H-pyrrole nitrogens is 1. The monoisotopic (exact) mass is 196 g/mol. The minimum atomic E-state index is 0.466. The lowest BCUT2D eigenvalue weighted by Gasteiger charge is -2.10. The number of nitrogens with zero attached hydrogens (tertiary/aromatic N) is 1. The fourth-order valence-corrected chi connectivity index (χ4v) is 1.32. The van der Waals surface area contributed by atoms with Gasteiger partial charge in [0.05, 0.1) is 5.69 Å². The van der Waals surface area contributed by atoms with Crippen molar-refractivity contribution in [2.24, 2.45) is 5.73 Å². The van der Waals surface area contributed by atoms with Crippen molar-refractivity contribution in [3.05, 3.63) is 17.5 Å². The van der Waals surface area contributed by atoms with Crippen molar-refractivity contribution >= 4 is 0 Å². The molecule has 14 heavy (non-hydrogen) atoms. The van der Waals surface area contributed by atoms with Crippen LogP contribution in [0.1, 0.15) is 31.7 Å². The van der Waals surface area contributed by atoms with Crippen molar-refractivity contribution in [2.45, 2.75) is 39.3 Å². The summed E-state index contributed by atoms with van der Waals surface area (Å²) in [6.45, 7) is 5.82. The molecule has 1 heterocycles. The number of rotatable bonds is 6. The summed E-state index contributed by atoms with van der Waals surface area (Å²) in [6, 6.07) is 2.57. The van der Waals surface area contributed by atoms with Crippen LogP contribution in [0.3, 0.4) is 0 Å². The summed E-state index contributed by atoms with van der Waals surface area (Å²) >= 11 is 0. The predicted molar refractivity (Wildman–Crippen MR) is 57.9 cm³/mol. The van der Waals surface area contributed by atoms with Gasteiger partial charge >= 0.3 is 0 Å². The highest BCUT2D eigenvalue weighted by atomic mass is 15.1. The van der Waals surface area contributed by atoms with Crippen molar-refractivity contribution in [1.82, 2.24) is 15.5 Å². The molecule has 1 unspecified atom stereocenters. The molecule has 0 fully saturated rings. The maximum Gasteiger partial charge on any atom is 0.0622 e. The van der Waals surface area contributed by atoms with Crippen LogP contribution in [0.5, 0.6) is 0 Å². The van der Waals surface area contributed by atoms with E-state index in [1.54, 1.807) is 0 Å². The molecule has 0 amide bonds. The molecule has 1 aromatic heterocycles. The summed E-state index contributed by atoms with van der Waals surface area (Å²) in [7, 11) is 0. The van der Waals surface area contributed by atoms with Gasteiger partial charge in [0.25, 0.3) is 0 Å². The second kappa shape index (κ2) is 5.78. The zero-order valence-electron chi connectivity index (χ0n) is 9.01. The average Bonchev–Trinajstić information content (AvgIpc) is 2.63. The molecule has 4 nitrogen and oxygen atoms in total. The number of nitrogens with two attached hydrogens (primary N) is 1. The smallest absolute Gasteiger partial charge is 0.0622 e. The number of hydrogen-bond acceptors (Lipinski definition) is 3. The number of aromatic amines is 1. The molecule has 0 aromatic carbocycles. The predicted octanol–water partition coefficient (Wildman–Crippen LogP) is 0.799. The van der Waals surface area contributed by atoms with Gasteiger partial charge < -0.3 is 11.1 Å². The van der Waals surface area contributed by atoms with E-state index in [4.69, 9.17) is 5.73 Å². The summed E-state index contributed by atoms with van der Waals surface area (Å²) in [5.74, 6) is 0. The van der Waals surface area contributed by atoms with Crippen LogP contribution in [0.15, 0.2) is 6.07 Å². The van der Waals surface area contributed by atoms with Crippen LogP contribution in [0.25, 0.3) is 0 Å². The summed E-state index contributed by atoms with van der Waals surface area (Å²) in [6.07, 6.45) is 1.99. The van der Waals surface area contributed by atoms with E-state index in [-0.39, 0.29) is 0 Å². The number of aryl methyl sites for hydroxylation is 1. The van der Waals surface area contributed by atoms with Crippen LogP contribution < -0.4 is 11.1 Å². The molecular formula is C10H20N4. The van der Waals surface area contributed by atoms with Gasteiger partial charge in [-0.1, -0.05) is 6.92 Å². The molecule has 0 saturated carbocycles. The van der Waals surface area contributed by atoms with Crippen molar-refractivity contribution in [3.8, 4) is 0 Å². The third-order valence-electron chi connectivity index (χ3n) is 2.29. The zero-order chi connectivity index (χ0) is 10.4. The van der Waals surface area contributed by atoms with Crippen LogP contribution in [0.4, 0.5) is 0 Å². The third-order valence-corrected chi connectivity index (χ3v) is 2.29. The quantitative estimate of drug-likeness (QED) is 0.630. The zero-order valence-corrected chi connectivity index (χ0v) is 9.01. The molecule has 4 N–H and O–H groups in total. The molecule has 1 aromatic rings. The Bertz CT molecular complexity index is 256. The van der Waals surface area contributed by atoms with Crippen LogP contribution >= 0.6 is 0 Å². The Morgan fingerprint density at radius 1 is 1.64 bits per heavy atom. The first kappa shape index (κ1) is 11.2. The number of nitrogens with one attached hydrogen (secondary N) is 2. The van der Waals surface area contributed by atoms with Crippen molar-refractivity contribution in [3.63, 3.8) is 0 Å². The molecule has 1 atom stereocenters. The molecule has 0 aliphatic heterocycles. The molecule has 4 heteroatoms. The van der Waals surface area contributed by atoms with E-state index in [2.05, 4.69) is 35.4 Å². The van der Waals surface area contributed by atoms with E-state index in [9.17, 15) is 0 Å². The Morgan fingerprint density at radius 2 is 2.43 bits per heavy atom. The molecular weight excluding hydrogens is 176 g/mol. The Hall–Kier alpha value is -0.870. The number of aromatic nitrogens is 2. The maximum absolute atomic E-state index is 5.46. The van der Waals surface area contributed by atoms with Gasteiger partial charge in [-0.2, -0.15) is 5.10 Å². The van der Waals surface area contributed by atoms with Gasteiger partial charge in [0.15, 0.2) is 0 Å². The average molecular weight is 196 g/mol. The largest absolute Gasteiger partial charge is 0.330 e. The second-order valence-corrected chi connectivity index (χ2v) is 3.60. The lowest BCUT2D eigenvalue weighted by Crippen LogP contribution is -2.27. The third kappa shape index (κ3) is 3.47. The molecule has 0 aliphatic rings. The maximum atomic E-state index is 5.46. The molecule has 0 radical (unpaired) electrons. The SMILES string of the molecule is CCc1cc(CNC(C)CCN)[nH]n1. The minimum Gasteiger partial charge on any atom is -0.330 e. The lowest BCUT2D eigenvalue weighted by atomic mass is 10.2. The Balaban J connectivity index is 2.30. The van der Waals surface area contributed by atoms with Gasteiger partial charge in [-0.3, -0.25) is 5.10 Å². The standard InChI is InChI=1S/C10H20N4/c1-3-9-6-10(14-13-9)7-12-8(2)4-5-11/h6,8,12H,3-5,7,11H2,1-2H3,(H,13,14). The van der Waals surface area contributed by atoms with Crippen molar-refractivity contribution in [2.75, 3.05) is 6.54 Å². The molecule has 1 rings (SSSR count). The first-order valence-electron chi connectivity index (χ1n) is 5.22. The van der Waals surface area contributed by atoms with E-state index in [1.807, 2.05) is 0 Å². The van der Waals surface area contributed by atoms with E-state index in [0.717, 1.165) is 37.3 Å². The van der Waals surface area contributed by atoms with E-state index < -0.39 is 0 Å². The van der Waals surface area contributed by atoms with E-state index in [0.29, 0.717) is 6.04 Å². The van der Waals surface area contributed by atoms with E-state index >= 15 is 0 Å². The lowest BCUT2D eigenvalue weighted by molar-refractivity contribution is 0.515. The highest BCUT2D eigenvalue weighted by molar-refractivity contribution is 5.08. The Morgan fingerprint density at radius 3 is 3.00 bits per heavy atom. The van der Waals surface area contributed by atoms with Crippen LogP contribution in [-0.2, 0) is 13.0 Å². The summed E-state index contributed by atoms with van der Waals surface area (Å²) in [5.41, 5.74) is 7.73. The fraction of sp³-hybridized carbons (Fsp3) is 0.700. The van der Waals surface area contributed by atoms with Crippen LogP contribution in [0.2, 0.25) is 0 Å². The summed E-state index contributed by atoms with van der Waals surface area (Å²) in [4.78, 5) is 0. The van der Waals surface area contributed by atoms with Gasteiger partial charge in [-0.05, 0) is 32.4 Å². The van der Waals surface area contributed by atoms with Gasteiger partial charge in [-0.25, -0.2) is 0 Å². The number of hydrogen-bond donors (Lipinski definition) is 3. The first-order chi connectivity index (χ1) is 6.76. The Kier molecular flexibility index (Phi) is 4.62. The van der Waals surface area contributed by atoms with Crippen molar-refractivity contribution < 1.29 is 0 Å².